The Balaban J connectivity index is 1.58. The van der Waals surface area contributed by atoms with E-state index in [2.05, 4.69) is 20.3 Å². The summed E-state index contributed by atoms with van der Waals surface area (Å²) in [5.74, 6) is 2.39. The first kappa shape index (κ1) is 17.3. The third kappa shape index (κ3) is 4.75. The maximum absolute atomic E-state index is 11.8. The number of rotatable bonds is 5. The molecule has 2 aromatic rings. The highest BCUT2D eigenvalue weighted by molar-refractivity contribution is 5.75. The average Bonchev–Trinajstić information content (AvgIpc) is 2.62. The van der Waals surface area contributed by atoms with Gasteiger partial charge in [-0.3, -0.25) is 4.79 Å². The summed E-state index contributed by atoms with van der Waals surface area (Å²) in [6, 6.07) is 7.85. The van der Waals surface area contributed by atoms with E-state index in [-0.39, 0.29) is 5.91 Å². The van der Waals surface area contributed by atoms with E-state index in [1.54, 1.807) is 6.33 Å². The topological polar surface area (TPSA) is 71.0 Å². The monoisotopic (exact) mass is 339 g/mol. The second-order valence-electron chi connectivity index (χ2n) is 6.57. The molecule has 1 aliphatic rings. The molecule has 1 fully saturated rings. The predicted molar refractivity (Wildman–Crippen MR) is 97.6 cm³/mol. The molecule has 25 heavy (non-hydrogen) atoms. The van der Waals surface area contributed by atoms with E-state index in [4.69, 9.17) is 0 Å². The maximum atomic E-state index is 11.8. The fourth-order valence-corrected chi connectivity index (χ4v) is 3.23. The van der Waals surface area contributed by atoms with Crippen molar-refractivity contribution in [2.75, 3.05) is 18.4 Å². The average molecular weight is 339 g/mol. The van der Waals surface area contributed by atoms with Crippen LogP contribution in [-0.2, 0) is 11.2 Å². The van der Waals surface area contributed by atoms with Crippen molar-refractivity contribution in [1.29, 1.82) is 0 Å². The van der Waals surface area contributed by atoms with Gasteiger partial charge in [-0.05, 0) is 44.2 Å². The van der Waals surface area contributed by atoms with Crippen LogP contribution in [0.25, 0.3) is 0 Å². The normalized spacial score (nSPS) is 15.2. The molecular weight excluding hydrogens is 314 g/mol. The summed E-state index contributed by atoms with van der Waals surface area (Å²) in [5.41, 5.74) is 2.00. The molecule has 0 saturated carbocycles. The molecule has 1 amide bonds. The van der Waals surface area contributed by atoms with Crippen LogP contribution >= 0.6 is 0 Å². The van der Waals surface area contributed by atoms with Crippen molar-refractivity contribution in [3.8, 4) is 0 Å². The molecule has 6 nitrogen and oxygen atoms in total. The van der Waals surface area contributed by atoms with E-state index in [0.717, 1.165) is 55.4 Å². The Labute approximate surface area is 148 Å². The smallest absolute Gasteiger partial charge is 0.222 e. The molecule has 0 unspecified atom stereocenters. The molecule has 0 spiro atoms. The number of aryl methyl sites for hydroxylation is 1. The van der Waals surface area contributed by atoms with Crippen LogP contribution in [0.2, 0.25) is 0 Å². The first-order valence-corrected chi connectivity index (χ1v) is 8.93. The van der Waals surface area contributed by atoms with Gasteiger partial charge >= 0.3 is 0 Å². The summed E-state index contributed by atoms with van der Waals surface area (Å²) < 4.78 is 0. The van der Waals surface area contributed by atoms with Gasteiger partial charge in [-0.2, -0.15) is 0 Å². The summed E-state index contributed by atoms with van der Waals surface area (Å²) in [6.07, 6.45) is 5.20. The van der Waals surface area contributed by atoms with Gasteiger partial charge in [0.2, 0.25) is 5.91 Å². The molecule has 1 saturated heterocycles. The maximum Gasteiger partial charge on any atom is 0.222 e. The lowest BCUT2D eigenvalue weighted by Crippen LogP contribution is -2.38. The molecule has 2 aromatic heterocycles. The van der Waals surface area contributed by atoms with Crippen LogP contribution in [0.4, 0.5) is 11.6 Å². The quantitative estimate of drug-likeness (QED) is 0.906. The van der Waals surface area contributed by atoms with Crippen LogP contribution in [0.5, 0.6) is 0 Å². The second kappa shape index (κ2) is 8.05. The minimum absolute atomic E-state index is 0.262. The number of nitrogens with zero attached hydrogens (tertiary/aromatic N) is 4. The summed E-state index contributed by atoms with van der Waals surface area (Å²) in [5, 5.41) is 3.24. The van der Waals surface area contributed by atoms with Crippen molar-refractivity contribution in [2.45, 2.75) is 39.5 Å². The molecular formula is C19H25N5O. The van der Waals surface area contributed by atoms with Crippen LogP contribution in [-0.4, -0.2) is 38.8 Å². The van der Waals surface area contributed by atoms with Gasteiger partial charge in [0, 0.05) is 37.0 Å². The third-order valence-electron chi connectivity index (χ3n) is 4.64. The molecule has 1 N–H and O–H groups in total. The number of likely N-dealkylation sites (tertiary alicyclic amines) is 1. The van der Waals surface area contributed by atoms with E-state index in [1.807, 2.05) is 43.0 Å². The van der Waals surface area contributed by atoms with E-state index in [9.17, 15) is 4.79 Å². The molecule has 0 aromatic carbocycles. The lowest BCUT2D eigenvalue weighted by molar-refractivity contribution is -0.132. The number of carbonyl (C=O) groups excluding carboxylic acids is 1. The molecule has 132 valence electrons. The van der Waals surface area contributed by atoms with Gasteiger partial charge in [-0.1, -0.05) is 13.0 Å². The van der Waals surface area contributed by atoms with Crippen LogP contribution < -0.4 is 5.32 Å². The van der Waals surface area contributed by atoms with Gasteiger partial charge in [-0.15, -0.1) is 0 Å². The first-order valence-electron chi connectivity index (χ1n) is 8.93. The molecule has 0 bridgehead atoms. The number of anilines is 2. The molecule has 0 radical (unpaired) electrons. The van der Waals surface area contributed by atoms with Gasteiger partial charge in [-0.25, -0.2) is 15.0 Å². The fraction of sp³-hybridized carbons (Fsp3) is 0.474. The van der Waals surface area contributed by atoms with E-state index in [0.29, 0.717) is 12.3 Å². The van der Waals surface area contributed by atoms with Gasteiger partial charge in [0.1, 0.15) is 18.0 Å². The van der Waals surface area contributed by atoms with Crippen LogP contribution in [0.15, 0.2) is 30.6 Å². The Hall–Kier alpha value is -2.50. The number of hydrogen-bond donors (Lipinski definition) is 1. The van der Waals surface area contributed by atoms with Gasteiger partial charge in [0.15, 0.2) is 0 Å². The van der Waals surface area contributed by atoms with Crippen molar-refractivity contribution in [1.82, 2.24) is 19.9 Å². The first-order chi connectivity index (χ1) is 12.1. The van der Waals surface area contributed by atoms with Gasteiger partial charge in [0.25, 0.3) is 0 Å². The minimum atomic E-state index is 0.262. The van der Waals surface area contributed by atoms with Crippen molar-refractivity contribution in [3.05, 3.63) is 42.0 Å². The highest BCUT2D eigenvalue weighted by Crippen LogP contribution is 2.22. The minimum Gasteiger partial charge on any atom is -0.343 e. The van der Waals surface area contributed by atoms with E-state index < -0.39 is 0 Å². The highest BCUT2D eigenvalue weighted by Gasteiger charge is 2.22. The Bertz CT molecular complexity index is 725. The number of nitrogens with one attached hydrogen (secondary N) is 1. The Morgan fingerprint density at radius 3 is 2.76 bits per heavy atom. The summed E-state index contributed by atoms with van der Waals surface area (Å²) in [7, 11) is 0. The molecule has 0 aliphatic carbocycles. The Kier molecular flexibility index (Phi) is 5.58. The number of pyridine rings is 1. The number of hydrogen-bond acceptors (Lipinski definition) is 5. The number of aromatic nitrogens is 3. The lowest BCUT2D eigenvalue weighted by atomic mass is 9.92. The van der Waals surface area contributed by atoms with Crippen LogP contribution in [0, 0.1) is 12.8 Å². The second-order valence-corrected chi connectivity index (χ2v) is 6.57. The predicted octanol–water partition coefficient (Wildman–Crippen LogP) is 3.11. The van der Waals surface area contributed by atoms with E-state index in [1.165, 1.54) is 0 Å². The van der Waals surface area contributed by atoms with Crippen LogP contribution in [0.1, 0.15) is 37.6 Å². The molecule has 3 rings (SSSR count). The molecule has 3 heterocycles. The molecule has 1 aliphatic heterocycles. The van der Waals surface area contributed by atoms with Gasteiger partial charge < -0.3 is 10.2 Å². The summed E-state index contributed by atoms with van der Waals surface area (Å²) in [6.45, 7) is 5.61. The van der Waals surface area contributed by atoms with Crippen molar-refractivity contribution in [2.24, 2.45) is 5.92 Å². The zero-order valence-electron chi connectivity index (χ0n) is 14.9. The third-order valence-corrected chi connectivity index (χ3v) is 4.64. The SMILES string of the molecule is CCC(=O)N1CCC(Cc2cc(Nc3cccc(C)n3)ncn2)CC1. The summed E-state index contributed by atoms with van der Waals surface area (Å²) >= 11 is 0. The largest absolute Gasteiger partial charge is 0.343 e. The Morgan fingerprint density at radius 1 is 1.24 bits per heavy atom. The standard InChI is InChI=1S/C19H25N5O/c1-3-19(25)24-9-7-15(8-10-24)11-16-12-18(21-13-20-16)23-17-6-4-5-14(2)22-17/h4-6,12-13,15H,3,7-11H2,1-2H3,(H,20,21,22,23). The van der Waals surface area contributed by atoms with Crippen molar-refractivity contribution in [3.63, 3.8) is 0 Å². The van der Waals surface area contributed by atoms with Gasteiger partial charge in [0.05, 0.1) is 0 Å². The molecule has 6 heteroatoms. The molecule has 0 atom stereocenters. The highest BCUT2D eigenvalue weighted by atomic mass is 16.2. The number of amides is 1. The zero-order valence-corrected chi connectivity index (χ0v) is 14.9. The van der Waals surface area contributed by atoms with Crippen LogP contribution in [0.3, 0.4) is 0 Å². The number of piperidine rings is 1. The van der Waals surface area contributed by atoms with E-state index >= 15 is 0 Å². The fourth-order valence-electron chi connectivity index (χ4n) is 3.23. The van der Waals surface area contributed by atoms with Crippen molar-refractivity contribution < 1.29 is 4.79 Å². The lowest BCUT2D eigenvalue weighted by Gasteiger charge is -2.31. The zero-order chi connectivity index (χ0) is 17.6. The summed E-state index contributed by atoms with van der Waals surface area (Å²) in [4.78, 5) is 26.9. The number of carbonyl (C=O) groups is 1. The van der Waals surface area contributed by atoms with Crippen molar-refractivity contribution >= 4 is 17.5 Å². The Morgan fingerprint density at radius 2 is 2.04 bits per heavy atom.